The van der Waals surface area contributed by atoms with E-state index in [1.54, 1.807) is 0 Å². The number of hydrogen-bond acceptors (Lipinski definition) is 1. The van der Waals surface area contributed by atoms with Gasteiger partial charge in [-0.1, -0.05) is 41.0 Å². The van der Waals surface area contributed by atoms with Crippen molar-refractivity contribution in [2.24, 2.45) is 11.3 Å². The van der Waals surface area contributed by atoms with Crippen molar-refractivity contribution >= 4 is 0 Å². The Labute approximate surface area is 93.9 Å². The number of hydrogen-bond donors (Lipinski definition) is 0. The molecule has 0 bridgehead atoms. The molecule has 0 saturated carbocycles. The topological polar surface area (TPSA) is 13.1 Å². The maximum absolute atomic E-state index is 5.68. The lowest BCUT2D eigenvalue weighted by atomic mass is 9.71. The molecule has 0 aromatic carbocycles. The highest BCUT2D eigenvalue weighted by atomic mass is 16.3. The fraction of sp³-hybridized carbons (Fsp3) is 0.714. The lowest BCUT2D eigenvalue weighted by Gasteiger charge is -2.33. The zero-order valence-corrected chi connectivity index (χ0v) is 10.9. The maximum atomic E-state index is 5.68. The van der Waals surface area contributed by atoms with Gasteiger partial charge in [0, 0.05) is 5.92 Å². The normalized spacial score (nSPS) is 16.4. The monoisotopic (exact) mass is 208 g/mol. The zero-order chi connectivity index (χ0) is 11.6. The average molecular weight is 208 g/mol. The summed E-state index contributed by atoms with van der Waals surface area (Å²) in [4.78, 5) is 0. The Morgan fingerprint density at radius 2 is 1.93 bits per heavy atom. The van der Waals surface area contributed by atoms with E-state index in [1.807, 2.05) is 6.26 Å². The number of furan rings is 1. The molecule has 0 fully saturated rings. The lowest BCUT2D eigenvalue weighted by molar-refractivity contribution is 0.210. The highest BCUT2D eigenvalue weighted by molar-refractivity contribution is 5.17. The first-order valence-corrected chi connectivity index (χ1v) is 5.91. The van der Waals surface area contributed by atoms with E-state index in [0.29, 0.717) is 11.8 Å². The van der Waals surface area contributed by atoms with E-state index in [-0.39, 0.29) is 5.41 Å². The molecule has 1 aromatic rings. The summed E-state index contributed by atoms with van der Waals surface area (Å²) in [6, 6.07) is 2.18. The van der Waals surface area contributed by atoms with Crippen LogP contribution in [0.2, 0.25) is 0 Å². The van der Waals surface area contributed by atoms with Crippen molar-refractivity contribution in [1.82, 2.24) is 0 Å². The Hall–Kier alpha value is -0.720. The highest BCUT2D eigenvalue weighted by Gasteiger charge is 2.32. The van der Waals surface area contributed by atoms with E-state index in [9.17, 15) is 0 Å². The smallest absolute Gasteiger partial charge is 0.107 e. The van der Waals surface area contributed by atoms with Gasteiger partial charge in [0.05, 0.1) is 6.26 Å². The molecular formula is C14H24O. The first-order valence-electron chi connectivity index (χ1n) is 5.91. The minimum absolute atomic E-state index is 0.264. The predicted molar refractivity (Wildman–Crippen MR) is 65.1 cm³/mol. The molecule has 0 radical (unpaired) electrons. The molecule has 1 rings (SSSR count). The second-order valence-electron chi connectivity index (χ2n) is 5.76. The minimum Gasteiger partial charge on any atom is -0.469 e. The summed E-state index contributed by atoms with van der Waals surface area (Å²) in [6.07, 6.45) is 3.05. The molecule has 0 spiro atoms. The largest absolute Gasteiger partial charge is 0.469 e. The molecule has 15 heavy (non-hydrogen) atoms. The van der Waals surface area contributed by atoms with E-state index in [1.165, 1.54) is 12.0 Å². The minimum atomic E-state index is 0.264. The van der Waals surface area contributed by atoms with Crippen LogP contribution in [0.1, 0.15) is 58.3 Å². The molecule has 0 amide bonds. The van der Waals surface area contributed by atoms with Crippen LogP contribution in [0, 0.1) is 18.3 Å². The molecule has 1 aromatic heterocycles. The lowest BCUT2D eigenvalue weighted by Crippen LogP contribution is -2.24. The van der Waals surface area contributed by atoms with Crippen LogP contribution in [0.5, 0.6) is 0 Å². The van der Waals surface area contributed by atoms with Gasteiger partial charge in [-0.3, -0.25) is 0 Å². The van der Waals surface area contributed by atoms with Crippen LogP contribution < -0.4 is 0 Å². The fourth-order valence-corrected chi connectivity index (χ4v) is 2.41. The van der Waals surface area contributed by atoms with Gasteiger partial charge in [-0.25, -0.2) is 0 Å². The van der Waals surface area contributed by atoms with Crippen molar-refractivity contribution in [2.75, 3.05) is 0 Å². The Kier molecular flexibility index (Phi) is 3.64. The van der Waals surface area contributed by atoms with E-state index < -0.39 is 0 Å². The van der Waals surface area contributed by atoms with Gasteiger partial charge in [-0.15, -0.1) is 0 Å². The highest BCUT2D eigenvalue weighted by Crippen LogP contribution is 2.42. The molecule has 1 heterocycles. The molecule has 1 heteroatoms. The van der Waals surface area contributed by atoms with Crippen LogP contribution >= 0.6 is 0 Å². The van der Waals surface area contributed by atoms with E-state index >= 15 is 0 Å². The Balaban J connectivity index is 3.01. The summed E-state index contributed by atoms with van der Waals surface area (Å²) in [5, 5.41) is 0. The van der Waals surface area contributed by atoms with Crippen LogP contribution in [0.25, 0.3) is 0 Å². The van der Waals surface area contributed by atoms with Gasteiger partial charge in [0.2, 0.25) is 0 Å². The Morgan fingerprint density at radius 3 is 2.27 bits per heavy atom. The van der Waals surface area contributed by atoms with Crippen LogP contribution in [-0.4, -0.2) is 0 Å². The van der Waals surface area contributed by atoms with Crippen LogP contribution in [0.15, 0.2) is 16.7 Å². The summed E-state index contributed by atoms with van der Waals surface area (Å²) in [6.45, 7) is 13.5. The van der Waals surface area contributed by atoms with Crippen molar-refractivity contribution < 1.29 is 4.42 Å². The van der Waals surface area contributed by atoms with Crippen molar-refractivity contribution in [2.45, 2.75) is 53.9 Å². The molecule has 0 saturated heterocycles. The standard InChI is InChI=1S/C14H24O/c1-7-11(3)13(14(4,5)6)12-8-10(2)9-15-12/h8-9,11,13H,7H2,1-6H3/t11?,13-/m0/s1. The second-order valence-corrected chi connectivity index (χ2v) is 5.76. The summed E-state index contributed by atoms with van der Waals surface area (Å²) in [5.41, 5.74) is 1.49. The zero-order valence-electron chi connectivity index (χ0n) is 10.9. The summed E-state index contributed by atoms with van der Waals surface area (Å²) in [7, 11) is 0. The van der Waals surface area contributed by atoms with Crippen molar-refractivity contribution in [1.29, 1.82) is 0 Å². The van der Waals surface area contributed by atoms with Gasteiger partial charge in [0.25, 0.3) is 0 Å². The predicted octanol–water partition coefficient (Wildman–Crippen LogP) is 4.76. The summed E-state index contributed by atoms with van der Waals surface area (Å²) >= 11 is 0. The summed E-state index contributed by atoms with van der Waals surface area (Å²) < 4.78 is 5.68. The van der Waals surface area contributed by atoms with Gasteiger partial charge >= 0.3 is 0 Å². The van der Waals surface area contributed by atoms with Crippen LogP contribution in [-0.2, 0) is 0 Å². The fourth-order valence-electron chi connectivity index (χ4n) is 2.41. The first kappa shape index (κ1) is 12.4. The van der Waals surface area contributed by atoms with E-state index in [2.05, 4.69) is 47.6 Å². The number of aryl methyl sites for hydroxylation is 1. The molecule has 0 N–H and O–H groups in total. The van der Waals surface area contributed by atoms with Gasteiger partial charge in [-0.2, -0.15) is 0 Å². The Morgan fingerprint density at radius 1 is 1.33 bits per heavy atom. The quantitative estimate of drug-likeness (QED) is 0.697. The van der Waals surface area contributed by atoms with Crippen molar-refractivity contribution in [3.63, 3.8) is 0 Å². The third kappa shape index (κ3) is 2.87. The van der Waals surface area contributed by atoms with E-state index in [0.717, 1.165) is 5.76 Å². The van der Waals surface area contributed by atoms with Gasteiger partial charge in [-0.05, 0) is 29.9 Å². The first-order chi connectivity index (χ1) is 6.86. The molecule has 1 unspecified atom stereocenters. The van der Waals surface area contributed by atoms with Crippen molar-refractivity contribution in [3.8, 4) is 0 Å². The van der Waals surface area contributed by atoms with Gasteiger partial charge in [0.1, 0.15) is 5.76 Å². The number of rotatable bonds is 3. The third-order valence-corrected chi connectivity index (χ3v) is 3.20. The van der Waals surface area contributed by atoms with E-state index in [4.69, 9.17) is 4.42 Å². The molecule has 0 aliphatic carbocycles. The molecule has 0 aliphatic rings. The van der Waals surface area contributed by atoms with Crippen LogP contribution in [0.3, 0.4) is 0 Å². The van der Waals surface area contributed by atoms with Crippen molar-refractivity contribution in [3.05, 3.63) is 23.7 Å². The Bertz CT molecular complexity index is 303. The van der Waals surface area contributed by atoms with Crippen LogP contribution in [0.4, 0.5) is 0 Å². The molecule has 2 atom stereocenters. The average Bonchev–Trinajstić information content (AvgIpc) is 2.49. The van der Waals surface area contributed by atoms with Gasteiger partial charge < -0.3 is 4.42 Å². The maximum Gasteiger partial charge on any atom is 0.107 e. The molecule has 86 valence electrons. The summed E-state index contributed by atoms with van der Waals surface area (Å²) in [5.74, 6) is 2.32. The third-order valence-electron chi connectivity index (χ3n) is 3.20. The molecule has 1 nitrogen and oxygen atoms in total. The molecular weight excluding hydrogens is 184 g/mol. The van der Waals surface area contributed by atoms with Gasteiger partial charge in [0.15, 0.2) is 0 Å². The molecule has 0 aliphatic heterocycles. The second kappa shape index (κ2) is 4.42. The SMILES string of the molecule is CCC(C)[C@@H](c1cc(C)co1)C(C)(C)C.